The molecule has 2 aromatic rings. The highest BCUT2D eigenvalue weighted by Crippen LogP contribution is 2.36. The highest BCUT2D eigenvalue weighted by Gasteiger charge is 2.12. The minimum absolute atomic E-state index is 0.109. The van der Waals surface area contributed by atoms with Crippen LogP contribution in [-0.2, 0) is 16.0 Å². The van der Waals surface area contributed by atoms with Gasteiger partial charge in [0.05, 0.1) is 36.0 Å². The highest BCUT2D eigenvalue weighted by atomic mass is 35.5. The third kappa shape index (κ3) is 8.74. The second-order valence-electron chi connectivity index (χ2n) is 7.02. The van der Waals surface area contributed by atoms with Crippen LogP contribution in [0.3, 0.4) is 0 Å². The molecule has 0 saturated heterocycles. The van der Waals surface area contributed by atoms with Crippen molar-refractivity contribution in [2.24, 2.45) is 0 Å². The first-order valence-electron chi connectivity index (χ1n) is 10.5. The van der Waals surface area contributed by atoms with E-state index >= 15 is 0 Å². The molecule has 2 rings (SSSR count). The Bertz CT molecular complexity index is 1070. The monoisotopic (exact) mass is 488 g/mol. The maximum absolute atomic E-state index is 12.2. The van der Waals surface area contributed by atoms with Crippen LogP contribution in [0.1, 0.15) is 55.8 Å². The van der Waals surface area contributed by atoms with Crippen molar-refractivity contribution in [3.05, 3.63) is 69.8 Å². The summed E-state index contributed by atoms with van der Waals surface area (Å²) in [5, 5.41) is 0.174. The summed E-state index contributed by atoms with van der Waals surface area (Å²) in [5.74, 6) is -0.267. The van der Waals surface area contributed by atoms with Crippen molar-refractivity contribution in [3.63, 3.8) is 0 Å². The predicted molar refractivity (Wildman–Crippen MR) is 130 cm³/mol. The average Bonchev–Trinajstić information content (AvgIpc) is 2.82. The van der Waals surface area contributed by atoms with Crippen LogP contribution in [0.4, 0.5) is 17.1 Å². The topological polar surface area (TPSA) is 85.4 Å². The molecule has 0 aliphatic rings. The second-order valence-corrected chi connectivity index (χ2v) is 8.27. The molecule has 2 N–H and O–H groups in total. The molecule has 1 unspecified atom stereocenters. The summed E-state index contributed by atoms with van der Waals surface area (Å²) in [6.45, 7) is 16.7. The van der Waals surface area contributed by atoms with Gasteiger partial charge >= 0.3 is 17.2 Å². The molecule has 0 aromatic heterocycles. The number of unbranched alkanes of at least 4 members (excludes halogenated alkanes) is 5. The molecule has 0 spiro atoms. The Labute approximate surface area is 201 Å². The Balaban J connectivity index is 1.85. The van der Waals surface area contributed by atoms with Crippen molar-refractivity contribution < 1.29 is 17.9 Å². The fourth-order valence-corrected chi connectivity index (χ4v) is 3.56. The van der Waals surface area contributed by atoms with Crippen LogP contribution in [0, 0.1) is 13.1 Å². The van der Waals surface area contributed by atoms with Gasteiger partial charge in [0.15, 0.2) is 11.4 Å². The molecule has 2 aromatic carbocycles. The molecule has 0 heterocycles. The highest BCUT2D eigenvalue weighted by molar-refractivity contribution is 7.78. The SMILES string of the molecule is [C-]#[N+]c1cc(Cl)c(NNS(=O)Oc2cccc(C(=O)OCCCCCCCC)c2)cc1[N+]#[C-]. The van der Waals surface area contributed by atoms with Gasteiger partial charge in [-0.25, -0.2) is 4.79 Å². The van der Waals surface area contributed by atoms with Crippen molar-refractivity contribution in [2.75, 3.05) is 12.0 Å². The Kier molecular flexibility index (Phi) is 11.2. The van der Waals surface area contributed by atoms with Crippen molar-refractivity contribution in [3.8, 4) is 5.75 Å². The summed E-state index contributed by atoms with van der Waals surface area (Å²) in [4.78, 5) is 21.1. The number of rotatable bonds is 13. The first-order chi connectivity index (χ1) is 16.0. The van der Waals surface area contributed by atoms with Gasteiger partial charge < -0.3 is 14.3 Å². The predicted octanol–water partition coefficient (Wildman–Crippen LogP) is 6.53. The van der Waals surface area contributed by atoms with Crippen molar-refractivity contribution in [2.45, 2.75) is 45.4 Å². The number of benzene rings is 2. The van der Waals surface area contributed by atoms with Crippen LogP contribution in [0.5, 0.6) is 5.75 Å². The number of ether oxygens (including phenoxy) is 1. The number of halogens is 1. The third-order valence-electron chi connectivity index (χ3n) is 4.55. The maximum Gasteiger partial charge on any atom is 0.338 e. The van der Waals surface area contributed by atoms with Gasteiger partial charge in [0, 0.05) is 0 Å². The molecule has 1 atom stereocenters. The maximum atomic E-state index is 12.2. The van der Waals surface area contributed by atoms with Gasteiger partial charge in [-0.2, -0.15) is 4.21 Å². The zero-order valence-corrected chi connectivity index (χ0v) is 19.8. The third-order valence-corrected chi connectivity index (χ3v) is 5.47. The first-order valence-corrected chi connectivity index (χ1v) is 11.9. The minimum Gasteiger partial charge on any atom is -0.462 e. The second kappa shape index (κ2) is 14.1. The zero-order valence-electron chi connectivity index (χ0n) is 18.2. The average molecular weight is 489 g/mol. The number of hydrogen-bond donors (Lipinski definition) is 2. The van der Waals surface area contributed by atoms with Gasteiger partial charge in [-0.15, -0.1) is 4.83 Å². The van der Waals surface area contributed by atoms with Gasteiger partial charge in [-0.3, -0.25) is 9.69 Å². The Morgan fingerprint density at radius 1 is 1.06 bits per heavy atom. The molecule has 0 radical (unpaired) electrons. The standard InChI is InChI=1S/C23H25ClN4O4S/c1-4-5-6-7-8-9-13-31-23(29)17-11-10-12-18(14-17)32-33(30)28-27-20-16-22(26-3)21(25-2)15-19(20)24/h10-12,14-16,27-28H,4-9,13H2,1H3. The van der Waals surface area contributed by atoms with Crippen LogP contribution in [-0.4, -0.2) is 16.8 Å². The Morgan fingerprint density at radius 2 is 1.76 bits per heavy atom. The molecule has 0 amide bonds. The van der Waals surface area contributed by atoms with Crippen LogP contribution >= 0.6 is 11.6 Å². The van der Waals surface area contributed by atoms with Gasteiger partial charge in [0.2, 0.25) is 0 Å². The molecule has 8 nitrogen and oxygen atoms in total. The van der Waals surface area contributed by atoms with E-state index in [2.05, 4.69) is 26.9 Å². The smallest absolute Gasteiger partial charge is 0.338 e. The van der Waals surface area contributed by atoms with Crippen molar-refractivity contribution >= 4 is 45.9 Å². The van der Waals surface area contributed by atoms with E-state index in [9.17, 15) is 9.00 Å². The zero-order chi connectivity index (χ0) is 24.1. The minimum atomic E-state index is -2.04. The molecule has 33 heavy (non-hydrogen) atoms. The van der Waals surface area contributed by atoms with Crippen molar-refractivity contribution in [1.82, 2.24) is 4.83 Å². The Hall–Kier alpha value is -3.11. The van der Waals surface area contributed by atoms with E-state index in [1.807, 2.05) is 0 Å². The summed E-state index contributed by atoms with van der Waals surface area (Å²) >= 11 is 4.04. The lowest BCUT2D eigenvalue weighted by atomic mass is 10.1. The molecule has 0 fully saturated rings. The van der Waals surface area contributed by atoms with E-state index in [1.165, 1.54) is 37.5 Å². The summed E-state index contributed by atoms with van der Waals surface area (Å²) < 4.78 is 22.8. The van der Waals surface area contributed by atoms with Gasteiger partial charge in [0.1, 0.15) is 5.75 Å². The number of hydrogen-bond acceptors (Lipinski definition) is 5. The van der Waals surface area contributed by atoms with Gasteiger partial charge in [-0.05, 0) is 36.8 Å². The first kappa shape index (κ1) is 26.1. The number of nitrogens with zero attached hydrogens (tertiary/aromatic N) is 2. The number of carbonyl (C=O) groups is 1. The molecule has 10 heteroatoms. The van der Waals surface area contributed by atoms with E-state index in [1.54, 1.807) is 18.2 Å². The van der Waals surface area contributed by atoms with Crippen LogP contribution in [0.15, 0.2) is 36.4 Å². The van der Waals surface area contributed by atoms with Crippen LogP contribution < -0.4 is 14.4 Å². The Morgan fingerprint density at radius 3 is 2.48 bits per heavy atom. The van der Waals surface area contributed by atoms with E-state index < -0.39 is 17.2 Å². The molecule has 174 valence electrons. The van der Waals surface area contributed by atoms with Gasteiger partial charge in [0.25, 0.3) is 0 Å². The number of hydrazine groups is 1. The molecule has 0 saturated carbocycles. The van der Waals surface area contributed by atoms with Crippen molar-refractivity contribution in [1.29, 1.82) is 0 Å². The normalized spacial score (nSPS) is 11.2. The molecular formula is C23H25ClN4O4S. The molecular weight excluding hydrogens is 464 g/mol. The summed E-state index contributed by atoms with van der Waals surface area (Å²) in [5.41, 5.74) is 3.39. The van der Waals surface area contributed by atoms with Crippen LogP contribution in [0.2, 0.25) is 5.02 Å². The summed E-state index contributed by atoms with van der Waals surface area (Å²) in [6.07, 6.45) is 6.59. The summed E-state index contributed by atoms with van der Waals surface area (Å²) in [6, 6.07) is 8.90. The fraction of sp³-hybridized carbons (Fsp3) is 0.348. The number of carbonyl (C=O) groups excluding carboxylic acids is 1. The van der Waals surface area contributed by atoms with E-state index in [0.717, 1.165) is 19.3 Å². The summed E-state index contributed by atoms with van der Waals surface area (Å²) in [7, 11) is 0. The number of esters is 1. The van der Waals surface area contributed by atoms with E-state index in [0.29, 0.717) is 12.2 Å². The van der Waals surface area contributed by atoms with Gasteiger partial charge in [-0.1, -0.05) is 56.7 Å². The molecule has 0 aliphatic carbocycles. The fourth-order valence-electron chi connectivity index (χ4n) is 2.84. The molecule has 0 aliphatic heterocycles. The lowest BCUT2D eigenvalue weighted by Gasteiger charge is -2.11. The molecule has 0 bridgehead atoms. The van der Waals surface area contributed by atoms with E-state index in [-0.39, 0.29) is 27.8 Å². The quantitative estimate of drug-likeness (QED) is 0.145. The van der Waals surface area contributed by atoms with Crippen LogP contribution in [0.25, 0.3) is 9.69 Å². The van der Waals surface area contributed by atoms with E-state index in [4.69, 9.17) is 33.7 Å². The number of nitrogens with one attached hydrogen (secondary N) is 2. The lowest BCUT2D eigenvalue weighted by Crippen LogP contribution is -2.27. The number of anilines is 1. The largest absolute Gasteiger partial charge is 0.462 e. The lowest BCUT2D eigenvalue weighted by molar-refractivity contribution is 0.0497.